The molecule has 0 bridgehead atoms. The molecule has 0 radical (unpaired) electrons. The Balaban J connectivity index is 1.66. The van der Waals surface area contributed by atoms with Crippen molar-refractivity contribution in [2.75, 3.05) is 11.4 Å². The van der Waals surface area contributed by atoms with Gasteiger partial charge in [-0.2, -0.15) is 0 Å². The molecule has 0 saturated heterocycles. The summed E-state index contributed by atoms with van der Waals surface area (Å²) >= 11 is 8.29. The SMILES string of the molecule is O=C(O)C(c1ccccc1)N1C(=O)c2cc(I)ccc2N(CCCc2ccccc2)C(=O)C1c1ccc(Cl)cc1. The monoisotopic (exact) mass is 664 g/mol. The van der Waals surface area contributed by atoms with E-state index >= 15 is 0 Å². The maximum Gasteiger partial charge on any atom is 0.331 e. The van der Waals surface area contributed by atoms with E-state index in [1.807, 2.05) is 36.4 Å². The third-order valence-electron chi connectivity index (χ3n) is 7.00. The zero-order chi connectivity index (χ0) is 28.2. The number of aliphatic carboxylic acids is 1. The quantitative estimate of drug-likeness (QED) is 0.207. The average Bonchev–Trinajstić information content (AvgIpc) is 3.04. The molecule has 8 heteroatoms. The van der Waals surface area contributed by atoms with Crippen LogP contribution in [0.1, 0.15) is 45.6 Å². The molecular formula is C32H26ClIN2O4. The molecule has 1 N–H and O–H groups in total. The van der Waals surface area contributed by atoms with Gasteiger partial charge in [0.2, 0.25) is 0 Å². The largest absolute Gasteiger partial charge is 0.479 e. The fraction of sp³-hybridized carbons (Fsp3) is 0.156. The van der Waals surface area contributed by atoms with Gasteiger partial charge in [-0.25, -0.2) is 4.79 Å². The standard InChI is InChI=1S/C32H26ClIN2O4/c33-24-15-13-23(14-16-24)28-31(38)35(19-7-10-21-8-3-1-4-9-21)27-18-17-25(34)20-26(27)30(37)36(28)29(32(39)40)22-11-5-2-6-12-22/h1-6,8-9,11-18,20,28-29H,7,10,19H2,(H,39,40). The Bertz CT molecular complexity index is 1530. The molecule has 0 saturated carbocycles. The first-order chi connectivity index (χ1) is 19.3. The molecule has 5 rings (SSSR count). The topological polar surface area (TPSA) is 77.9 Å². The number of nitrogens with zero attached hydrogens (tertiary/aromatic N) is 2. The number of benzene rings is 4. The molecule has 4 aromatic rings. The smallest absolute Gasteiger partial charge is 0.331 e. The number of halogens is 2. The summed E-state index contributed by atoms with van der Waals surface area (Å²) in [5.41, 5.74) is 2.80. The maximum absolute atomic E-state index is 14.5. The summed E-state index contributed by atoms with van der Waals surface area (Å²) in [6, 6.07) is 27.9. The minimum Gasteiger partial charge on any atom is -0.479 e. The zero-order valence-electron chi connectivity index (χ0n) is 21.4. The molecule has 40 heavy (non-hydrogen) atoms. The Labute approximate surface area is 251 Å². The van der Waals surface area contributed by atoms with Gasteiger partial charge < -0.3 is 14.9 Å². The van der Waals surface area contributed by atoms with E-state index in [0.717, 1.165) is 15.6 Å². The second-order valence-electron chi connectivity index (χ2n) is 9.56. The van der Waals surface area contributed by atoms with Crippen LogP contribution in [0.4, 0.5) is 5.69 Å². The first-order valence-electron chi connectivity index (χ1n) is 12.9. The van der Waals surface area contributed by atoms with Crippen LogP contribution >= 0.6 is 34.2 Å². The van der Waals surface area contributed by atoms with Crippen molar-refractivity contribution in [3.8, 4) is 0 Å². The lowest BCUT2D eigenvalue weighted by atomic mass is 9.97. The molecule has 0 aromatic heterocycles. The van der Waals surface area contributed by atoms with Crippen molar-refractivity contribution in [3.63, 3.8) is 0 Å². The number of carbonyl (C=O) groups is 3. The van der Waals surface area contributed by atoms with Crippen LogP contribution in [0.3, 0.4) is 0 Å². The molecule has 2 unspecified atom stereocenters. The Hall–Kier alpha value is -3.69. The fourth-order valence-corrected chi connectivity index (χ4v) is 5.76. The molecule has 6 nitrogen and oxygen atoms in total. The van der Waals surface area contributed by atoms with Crippen LogP contribution in [0.15, 0.2) is 103 Å². The van der Waals surface area contributed by atoms with Gasteiger partial charge in [0.15, 0.2) is 6.04 Å². The van der Waals surface area contributed by atoms with E-state index in [2.05, 4.69) is 22.6 Å². The maximum atomic E-state index is 14.5. The van der Waals surface area contributed by atoms with Crippen LogP contribution in [-0.4, -0.2) is 34.3 Å². The highest BCUT2D eigenvalue weighted by atomic mass is 127. The summed E-state index contributed by atoms with van der Waals surface area (Å²) in [7, 11) is 0. The van der Waals surface area contributed by atoms with Crippen LogP contribution in [-0.2, 0) is 16.0 Å². The minimum atomic E-state index is -1.40. The van der Waals surface area contributed by atoms with Gasteiger partial charge in [0, 0.05) is 15.1 Å². The summed E-state index contributed by atoms with van der Waals surface area (Å²) in [5, 5.41) is 10.9. The van der Waals surface area contributed by atoms with Crippen LogP contribution < -0.4 is 4.90 Å². The van der Waals surface area contributed by atoms with Gasteiger partial charge in [0.05, 0.1) is 11.3 Å². The Morgan fingerprint density at radius 1 is 0.900 bits per heavy atom. The molecule has 202 valence electrons. The van der Waals surface area contributed by atoms with Crippen molar-refractivity contribution >= 4 is 57.7 Å². The first-order valence-corrected chi connectivity index (χ1v) is 14.3. The number of fused-ring (bicyclic) bond motifs is 1. The van der Waals surface area contributed by atoms with Crippen LogP contribution in [0.2, 0.25) is 5.02 Å². The molecule has 1 aliphatic heterocycles. The fourth-order valence-electron chi connectivity index (χ4n) is 5.15. The van der Waals surface area contributed by atoms with Gasteiger partial charge >= 0.3 is 5.97 Å². The molecule has 1 heterocycles. The first kappa shape index (κ1) is 27.9. The van der Waals surface area contributed by atoms with Crippen molar-refractivity contribution in [1.82, 2.24) is 4.90 Å². The summed E-state index contributed by atoms with van der Waals surface area (Å²) < 4.78 is 0.804. The van der Waals surface area contributed by atoms with Gasteiger partial charge in [0.1, 0.15) is 6.04 Å². The summed E-state index contributed by atoms with van der Waals surface area (Å²) in [4.78, 5) is 44.6. The Morgan fingerprint density at radius 2 is 1.55 bits per heavy atom. The number of carboxylic acids is 1. The third-order valence-corrected chi connectivity index (χ3v) is 7.92. The molecule has 4 aromatic carbocycles. The number of amides is 2. The molecular weight excluding hydrogens is 639 g/mol. The van der Waals surface area contributed by atoms with Gasteiger partial charge in [-0.15, -0.1) is 0 Å². The highest BCUT2D eigenvalue weighted by molar-refractivity contribution is 14.1. The molecule has 0 fully saturated rings. The van der Waals surface area contributed by atoms with E-state index in [9.17, 15) is 19.5 Å². The highest BCUT2D eigenvalue weighted by Gasteiger charge is 2.46. The second-order valence-corrected chi connectivity index (χ2v) is 11.2. The van der Waals surface area contributed by atoms with E-state index in [1.165, 1.54) is 4.90 Å². The molecule has 0 aliphatic carbocycles. The lowest BCUT2D eigenvalue weighted by Crippen LogP contribution is -2.46. The van der Waals surface area contributed by atoms with E-state index in [1.54, 1.807) is 71.6 Å². The lowest BCUT2D eigenvalue weighted by molar-refractivity contribution is -0.144. The zero-order valence-corrected chi connectivity index (χ0v) is 24.3. The number of rotatable bonds is 8. The average molecular weight is 665 g/mol. The summed E-state index contributed by atoms with van der Waals surface area (Å²) in [6.45, 7) is 0.357. The molecule has 2 atom stereocenters. The Morgan fingerprint density at radius 3 is 2.20 bits per heavy atom. The summed E-state index contributed by atoms with van der Waals surface area (Å²) in [5.74, 6) is -2.12. The van der Waals surface area contributed by atoms with Crippen LogP contribution in [0.5, 0.6) is 0 Å². The van der Waals surface area contributed by atoms with Crippen molar-refractivity contribution in [2.24, 2.45) is 0 Å². The van der Waals surface area contributed by atoms with Crippen molar-refractivity contribution in [2.45, 2.75) is 24.9 Å². The highest BCUT2D eigenvalue weighted by Crippen LogP contribution is 2.40. The van der Waals surface area contributed by atoms with Gasteiger partial charge in [0.25, 0.3) is 11.8 Å². The van der Waals surface area contributed by atoms with Crippen molar-refractivity contribution in [3.05, 3.63) is 134 Å². The van der Waals surface area contributed by atoms with Crippen LogP contribution in [0.25, 0.3) is 0 Å². The van der Waals surface area contributed by atoms with Crippen LogP contribution in [0, 0.1) is 3.57 Å². The van der Waals surface area contributed by atoms with E-state index in [0.29, 0.717) is 40.4 Å². The predicted octanol–water partition coefficient (Wildman–Crippen LogP) is 6.93. The number of hydrogen-bond acceptors (Lipinski definition) is 3. The van der Waals surface area contributed by atoms with Gasteiger partial charge in [-0.3, -0.25) is 9.59 Å². The molecule has 0 spiro atoms. The third kappa shape index (κ3) is 5.76. The van der Waals surface area contributed by atoms with Gasteiger partial charge in [-0.1, -0.05) is 84.4 Å². The predicted molar refractivity (Wildman–Crippen MR) is 163 cm³/mol. The van der Waals surface area contributed by atoms with E-state index in [-0.39, 0.29) is 5.91 Å². The molecule has 2 amide bonds. The Kier molecular flexibility index (Phi) is 8.52. The molecule has 1 aliphatic rings. The normalized spacial score (nSPS) is 15.9. The number of anilines is 1. The van der Waals surface area contributed by atoms with E-state index in [4.69, 9.17) is 11.6 Å². The number of hydrogen-bond donors (Lipinski definition) is 1. The lowest BCUT2D eigenvalue weighted by Gasteiger charge is -2.35. The van der Waals surface area contributed by atoms with E-state index < -0.39 is 24.0 Å². The number of carbonyl (C=O) groups excluding carboxylic acids is 2. The minimum absolute atomic E-state index is 0.290. The van der Waals surface area contributed by atoms with Gasteiger partial charge in [-0.05, 0) is 82.5 Å². The second kappa shape index (κ2) is 12.2. The van der Waals surface area contributed by atoms with Crippen molar-refractivity contribution in [1.29, 1.82) is 0 Å². The number of aryl methyl sites for hydroxylation is 1. The summed E-state index contributed by atoms with van der Waals surface area (Å²) in [6.07, 6.45) is 1.40. The number of carboxylic acid groups (broad SMARTS) is 1. The van der Waals surface area contributed by atoms with Crippen molar-refractivity contribution < 1.29 is 19.5 Å².